The third-order valence-corrected chi connectivity index (χ3v) is 6.13. The fourth-order valence-corrected chi connectivity index (χ4v) is 4.92. The molecule has 4 rings (SSSR count). The molecule has 1 amide bonds. The molecule has 1 aliphatic heterocycles. The van der Waals surface area contributed by atoms with Crippen LogP contribution in [0.1, 0.15) is 42.5 Å². The van der Waals surface area contributed by atoms with Crippen LogP contribution in [0.2, 0.25) is 0 Å². The van der Waals surface area contributed by atoms with E-state index in [-0.39, 0.29) is 17.7 Å². The number of carbonyl (C=O) groups is 1. The van der Waals surface area contributed by atoms with Gasteiger partial charge < -0.3 is 19.9 Å². The van der Waals surface area contributed by atoms with Crippen molar-refractivity contribution >= 4 is 5.91 Å². The summed E-state index contributed by atoms with van der Waals surface area (Å²) in [5.41, 5.74) is 0.309. The Morgan fingerprint density at radius 1 is 1.29 bits per heavy atom. The van der Waals surface area contributed by atoms with Crippen molar-refractivity contribution < 1.29 is 19.4 Å². The average Bonchev–Trinajstić information content (AvgIpc) is 3.23. The Hall–Kier alpha value is -1.75. The molecule has 1 heterocycles. The molecule has 2 saturated carbocycles. The molecule has 24 heavy (non-hydrogen) atoms. The minimum Gasteiger partial charge on any atom is -0.507 e. The van der Waals surface area contributed by atoms with Gasteiger partial charge >= 0.3 is 0 Å². The van der Waals surface area contributed by atoms with Crippen molar-refractivity contribution in [3.63, 3.8) is 0 Å². The lowest BCUT2D eigenvalue weighted by Crippen LogP contribution is -2.63. The van der Waals surface area contributed by atoms with Crippen molar-refractivity contribution in [2.75, 3.05) is 13.7 Å². The number of methoxy groups -OCH3 is 1. The van der Waals surface area contributed by atoms with E-state index in [1.165, 1.54) is 38.9 Å². The van der Waals surface area contributed by atoms with Crippen molar-refractivity contribution in [3.8, 4) is 11.5 Å². The maximum absolute atomic E-state index is 12.7. The number of ether oxygens (including phenoxy) is 2. The minimum atomic E-state index is -0.200. The molecular weight excluding hydrogens is 306 g/mol. The second kappa shape index (κ2) is 6.28. The topological polar surface area (TPSA) is 67.8 Å². The number of hydrogen-bond acceptors (Lipinski definition) is 4. The van der Waals surface area contributed by atoms with Gasteiger partial charge in [-0.3, -0.25) is 4.79 Å². The summed E-state index contributed by atoms with van der Waals surface area (Å²) in [7, 11) is 1.54. The molecule has 5 heteroatoms. The van der Waals surface area contributed by atoms with Crippen LogP contribution in [0, 0.1) is 17.8 Å². The first kappa shape index (κ1) is 15.8. The summed E-state index contributed by atoms with van der Waals surface area (Å²) >= 11 is 0. The molecule has 3 fully saturated rings. The number of rotatable bonds is 4. The van der Waals surface area contributed by atoms with E-state index in [0.717, 1.165) is 13.0 Å². The summed E-state index contributed by atoms with van der Waals surface area (Å²) < 4.78 is 11.0. The van der Waals surface area contributed by atoms with Gasteiger partial charge in [0.15, 0.2) is 0 Å². The highest BCUT2D eigenvalue weighted by molar-refractivity contribution is 5.97. The highest BCUT2D eigenvalue weighted by Gasteiger charge is 2.57. The van der Waals surface area contributed by atoms with Crippen LogP contribution >= 0.6 is 0 Å². The smallest absolute Gasteiger partial charge is 0.255 e. The maximum Gasteiger partial charge on any atom is 0.255 e. The lowest BCUT2D eigenvalue weighted by atomic mass is 9.61. The Morgan fingerprint density at radius 3 is 2.79 bits per heavy atom. The summed E-state index contributed by atoms with van der Waals surface area (Å²) in [5.74, 6) is 1.83. The molecule has 0 bridgehead atoms. The Bertz CT molecular complexity index is 621. The first-order valence-corrected chi connectivity index (χ1v) is 8.98. The molecule has 2 aliphatic carbocycles. The second-order valence-corrected chi connectivity index (χ2v) is 7.29. The fourth-order valence-electron chi connectivity index (χ4n) is 4.92. The molecule has 0 aromatic heterocycles. The van der Waals surface area contributed by atoms with Gasteiger partial charge in [0, 0.05) is 30.6 Å². The number of phenols is 1. The van der Waals surface area contributed by atoms with E-state index < -0.39 is 0 Å². The molecule has 1 saturated heterocycles. The van der Waals surface area contributed by atoms with Crippen molar-refractivity contribution in [2.24, 2.45) is 17.8 Å². The van der Waals surface area contributed by atoms with Crippen LogP contribution in [0.4, 0.5) is 0 Å². The predicted octanol–water partition coefficient (Wildman–Crippen LogP) is 2.72. The zero-order valence-corrected chi connectivity index (χ0v) is 14.0. The van der Waals surface area contributed by atoms with Crippen LogP contribution in [-0.2, 0) is 4.74 Å². The van der Waals surface area contributed by atoms with Gasteiger partial charge in [-0.2, -0.15) is 0 Å². The standard InChI is InChI=1S/C19H25NO4/c1-23-12-6-7-13(15(21)10-12)19(22)20-17-14-8-9-24-18(14)16(17)11-4-2-3-5-11/h6-7,10-11,14,16-18,21H,2-5,8-9H2,1H3,(H,20,22)/t14-,16+,17+,18-/m1/s1. The average molecular weight is 331 g/mol. The van der Waals surface area contributed by atoms with E-state index >= 15 is 0 Å². The Kier molecular flexibility index (Phi) is 4.12. The summed E-state index contributed by atoms with van der Waals surface area (Å²) in [6, 6.07) is 4.97. The molecule has 5 nitrogen and oxygen atoms in total. The number of amides is 1. The van der Waals surface area contributed by atoms with E-state index in [1.54, 1.807) is 12.1 Å². The van der Waals surface area contributed by atoms with Gasteiger partial charge in [0.1, 0.15) is 11.5 Å². The Morgan fingerprint density at radius 2 is 2.08 bits per heavy atom. The van der Waals surface area contributed by atoms with Crippen LogP contribution in [0.25, 0.3) is 0 Å². The number of benzene rings is 1. The highest BCUT2D eigenvalue weighted by Crippen LogP contribution is 2.51. The molecule has 130 valence electrons. The summed E-state index contributed by atoms with van der Waals surface area (Å²) in [6.45, 7) is 0.804. The van der Waals surface area contributed by atoms with E-state index in [9.17, 15) is 9.90 Å². The first-order chi connectivity index (χ1) is 11.7. The SMILES string of the molecule is COc1ccc(C(=O)N[C@H]2[C@H]3CCO[C@H]3[C@H]2C2CCCC2)c(O)c1. The van der Waals surface area contributed by atoms with Crippen LogP contribution in [0.15, 0.2) is 18.2 Å². The number of fused-ring (bicyclic) bond motifs is 1. The molecule has 1 aromatic carbocycles. The van der Waals surface area contributed by atoms with E-state index in [2.05, 4.69) is 5.32 Å². The molecule has 0 spiro atoms. The van der Waals surface area contributed by atoms with Gasteiger partial charge in [0.25, 0.3) is 5.91 Å². The predicted molar refractivity (Wildman–Crippen MR) is 89.2 cm³/mol. The number of hydrogen-bond donors (Lipinski definition) is 2. The van der Waals surface area contributed by atoms with Crippen LogP contribution < -0.4 is 10.1 Å². The fraction of sp³-hybridized carbons (Fsp3) is 0.632. The van der Waals surface area contributed by atoms with Crippen LogP contribution in [-0.4, -0.2) is 36.9 Å². The third-order valence-electron chi connectivity index (χ3n) is 6.13. The first-order valence-electron chi connectivity index (χ1n) is 8.98. The Labute approximate surface area is 142 Å². The molecule has 4 atom stereocenters. The van der Waals surface area contributed by atoms with Crippen molar-refractivity contribution in [1.29, 1.82) is 0 Å². The van der Waals surface area contributed by atoms with Crippen molar-refractivity contribution in [3.05, 3.63) is 23.8 Å². The van der Waals surface area contributed by atoms with Gasteiger partial charge in [-0.05, 0) is 24.5 Å². The van der Waals surface area contributed by atoms with Crippen LogP contribution in [0.3, 0.4) is 0 Å². The van der Waals surface area contributed by atoms with Gasteiger partial charge in [0.2, 0.25) is 0 Å². The zero-order chi connectivity index (χ0) is 16.7. The maximum atomic E-state index is 12.7. The lowest BCUT2D eigenvalue weighted by molar-refractivity contribution is -0.0784. The van der Waals surface area contributed by atoms with Gasteiger partial charge in [0.05, 0.1) is 18.8 Å². The number of aromatic hydroxyl groups is 1. The van der Waals surface area contributed by atoms with E-state index in [0.29, 0.717) is 35.2 Å². The van der Waals surface area contributed by atoms with E-state index in [4.69, 9.17) is 9.47 Å². The van der Waals surface area contributed by atoms with Crippen LogP contribution in [0.5, 0.6) is 11.5 Å². The monoisotopic (exact) mass is 331 g/mol. The lowest BCUT2D eigenvalue weighted by Gasteiger charge is -2.50. The highest BCUT2D eigenvalue weighted by atomic mass is 16.5. The summed E-state index contributed by atoms with van der Waals surface area (Å²) in [6.07, 6.45) is 6.42. The number of phenolic OH excluding ortho intramolecular Hbond substituents is 1. The molecule has 2 N–H and O–H groups in total. The summed E-state index contributed by atoms with van der Waals surface area (Å²) in [5, 5.41) is 13.3. The van der Waals surface area contributed by atoms with Crippen molar-refractivity contribution in [1.82, 2.24) is 5.32 Å². The van der Waals surface area contributed by atoms with E-state index in [1.807, 2.05) is 0 Å². The molecule has 3 aliphatic rings. The minimum absolute atomic E-state index is 0.0391. The zero-order valence-electron chi connectivity index (χ0n) is 14.0. The molecule has 0 radical (unpaired) electrons. The largest absolute Gasteiger partial charge is 0.507 e. The number of carbonyl (C=O) groups excluding carboxylic acids is 1. The number of nitrogens with one attached hydrogen (secondary N) is 1. The third kappa shape index (κ3) is 2.55. The molecule has 0 unspecified atom stereocenters. The normalized spacial score (nSPS) is 32.2. The quantitative estimate of drug-likeness (QED) is 0.890. The summed E-state index contributed by atoms with van der Waals surface area (Å²) in [4.78, 5) is 12.7. The second-order valence-electron chi connectivity index (χ2n) is 7.29. The van der Waals surface area contributed by atoms with Gasteiger partial charge in [-0.15, -0.1) is 0 Å². The van der Waals surface area contributed by atoms with Gasteiger partial charge in [-0.25, -0.2) is 0 Å². The van der Waals surface area contributed by atoms with Crippen molar-refractivity contribution in [2.45, 2.75) is 44.2 Å². The van der Waals surface area contributed by atoms with Gasteiger partial charge in [-0.1, -0.05) is 25.7 Å². The molecular formula is C19H25NO4. The Balaban J connectivity index is 1.49. The molecule has 1 aromatic rings.